The van der Waals surface area contributed by atoms with Gasteiger partial charge in [0.05, 0.1) is 30.6 Å². The molecule has 2 aromatic rings. The fourth-order valence-electron chi connectivity index (χ4n) is 6.10. The van der Waals surface area contributed by atoms with Gasteiger partial charge in [0, 0.05) is 62.5 Å². The highest BCUT2D eigenvalue weighted by molar-refractivity contribution is 5.97. The second-order valence-electron chi connectivity index (χ2n) is 12.2. The summed E-state index contributed by atoms with van der Waals surface area (Å²) in [5, 5.41) is 3.63. The Bertz CT molecular complexity index is 1150. The van der Waals surface area contributed by atoms with Gasteiger partial charge in [0.2, 0.25) is 5.91 Å². The molecule has 1 amide bonds. The molecule has 0 spiro atoms. The van der Waals surface area contributed by atoms with E-state index in [1.54, 1.807) is 12.1 Å². The number of pyridine rings is 1. The van der Waals surface area contributed by atoms with Gasteiger partial charge in [-0.3, -0.25) is 19.6 Å². The normalized spacial score (nSPS) is 26.5. The third-order valence-corrected chi connectivity index (χ3v) is 8.28. The van der Waals surface area contributed by atoms with E-state index in [-0.39, 0.29) is 54.1 Å². The molecule has 1 aromatic carbocycles. The van der Waals surface area contributed by atoms with Crippen LogP contribution >= 0.6 is 24.8 Å². The van der Waals surface area contributed by atoms with Crippen LogP contribution in [0.2, 0.25) is 0 Å². The lowest BCUT2D eigenvalue weighted by molar-refractivity contribution is -0.121. The first-order valence-corrected chi connectivity index (χ1v) is 14.0. The van der Waals surface area contributed by atoms with Gasteiger partial charge in [-0.15, -0.1) is 24.8 Å². The summed E-state index contributed by atoms with van der Waals surface area (Å²) >= 11 is 0. The van der Waals surface area contributed by atoms with Crippen molar-refractivity contribution < 1.29 is 13.9 Å². The number of carbonyl (C=O) groups excluding carboxylic acids is 1. The first-order valence-electron chi connectivity index (χ1n) is 14.0. The van der Waals surface area contributed by atoms with Crippen molar-refractivity contribution >= 4 is 36.4 Å². The van der Waals surface area contributed by atoms with Crippen LogP contribution in [0, 0.1) is 5.82 Å². The van der Waals surface area contributed by atoms with E-state index in [0.717, 1.165) is 55.3 Å². The lowest BCUT2D eigenvalue weighted by Crippen LogP contribution is -2.62. The van der Waals surface area contributed by atoms with Crippen molar-refractivity contribution in [2.75, 3.05) is 50.8 Å². The minimum absolute atomic E-state index is 0. The van der Waals surface area contributed by atoms with Crippen LogP contribution in [-0.4, -0.2) is 90.8 Å². The van der Waals surface area contributed by atoms with E-state index < -0.39 is 0 Å². The van der Waals surface area contributed by atoms with E-state index >= 15 is 0 Å². The molecule has 0 saturated carbocycles. The third-order valence-electron chi connectivity index (χ3n) is 8.28. The number of carbonyl (C=O) groups is 1. The average Bonchev–Trinajstić information content (AvgIpc) is 3.14. The molecule has 0 radical (unpaired) electrons. The highest BCUT2D eigenvalue weighted by Crippen LogP contribution is 2.39. The number of hydrogen-bond acceptors (Lipinski definition) is 6. The minimum atomic E-state index is -0.238. The number of fused-ring (bicyclic) bond motifs is 1. The zero-order chi connectivity index (χ0) is 27.0. The van der Waals surface area contributed by atoms with Gasteiger partial charge in [0.1, 0.15) is 5.82 Å². The molecule has 2 fully saturated rings. The van der Waals surface area contributed by atoms with Crippen molar-refractivity contribution in [2.24, 2.45) is 0 Å². The summed E-state index contributed by atoms with van der Waals surface area (Å²) in [5.41, 5.74) is 3.71. The summed E-state index contributed by atoms with van der Waals surface area (Å²) in [5.74, 6) is -0.113. The molecule has 10 heteroatoms. The maximum Gasteiger partial charge on any atom is 0.241 e. The van der Waals surface area contributed by atoms with E-state index in [9.17, 15) is 9.18 Å². The Morgan fingerprint density at radius 3 is 2.55 bits per heavy atom. The Kier molecular flexibility index (Phi) is 11.0. The summed E-state index contributed by atoms with van der Waals surface area (Å²) in [6.07, 6.45) is 2.78. The molecule has 1 N–H and O–H groups in total. The summed E-state index contributed by atoms with van der Waals surface area (Å²) < 4.78 is 19.2. The molecule has 4 heterocycles. The van der Waals surface area contributed by atoms with Gasteiger partial charge >= 0.3 is 0 Å². The van der Waals surface area contributed by atoms with Crippen molar-refractivity contribution in [1.29, 1.82) is 0 Å². The Labute approximate surface area is 250 Å². The number of hydrogen-bond donors (Lipinski definition) is 1. The number of nitrogens with one attached hydrogen (secondary N) is 1. The zero-order valence-corrected chi connectivity index (χ0v) is 25.9. The monoisotopic (exact) mass is 595 g/mol. The van der Waals surface area contributed by atoms with Crippen LogP contribution in [0.1, 0.15) is 51.4 Å². The Morgan fingerprint density at radius 1 is 1.10 bits per heavy atom. The predicted octanol–water partition coefficient (Wildman–Crippen LogP) is 4.05. The fourth-order valence-corrected chi connectivity index (χ4v) is 6.10. The molecule has 7 nitrogen and oxygen atoms in total. The summed E-state index contributed by atoms with van der Waals surface area (Å²) in [6, 6.07) is 9.66. The van der Waals surface area contributed by atoms with Gasteiger partial charge in [0.15, 0.2) is 0 Å². The molecule has 0 bridgehead atoms. The third kappa shape index (κ3) is 7.33. The van der Waals surface area contributed by atoms with Crippen molar-refractivity contribution in [1.82, 2.24) is 20.1 Å². The number of nitrogens with zero attached hydrogens (tertiary/aromatic N) is 4. The standard InChI is InChI=1S/C30H42FN5O2.2ClH/c1-20-14-35(26(13-32-20)16-34-15-22(3)38-18-21(34)2)17-28(37)36-19-30(4,5)29-27(36)11-24(12-33-29)10-23-6-8-25(31)9-7-23;;/h6-9,11-12,20-22,26,32H,10,13-19H2,1-5H3;2*1H/t20-,21-,22-,26-;;/m1../s1. The Hall–Kier alpha value is -1.81. The molecule has 3 aliphatic heterocycles. The lowest BCUT2D eigenvalue weighted by atomic mass is 9.91. The van der Waals surface area contributed by atoms with Crippen LogP contribution in [-0.2, 0) is 21.4 Å². The highest BCUT2D eigenvalue weighted by atomic mass is 35.5. The molecule has 3 aliphatic rings. The van der Waals surface area contributed by atoms with Crippen molar-refractivity contribution in [3.05, 3.63) is 59.2 Å². The summed E-state index contributed by atoms with van der Waals surface area (Å²) in [4.78, 5) is 25.5. The van der Waals surface area contributed by atoms with Gasteiger partial charge in [-0.2, -0.15) is 0 Å². The summed E-state index contributed by atoms with van der Waals surface area (Å²) in [7, 11) is 0. The first kappa shape index (κ1) is 32.7. The number of aromatic nitrogens is 1. The largest absolute Gasteiger partial charge is 0.376 e. The van der Waals surface area contributed by atoms with Crippen LogP contribution in [0.5, 0.6) is 0 Å². The van der Waals surface area contributed by atoms with Gasteiger partial charge in [0.25, 0.3) is 0 Å². The van der Waals surface area contributed by atoms with E-state index in [0.29, 0.717) is 31.6 Å². The number of amides is 1. The maximum atomic E-state index is 13.9. The highest BCUT2D eigenvalue weighted by Gasteiger charge is 2.41. The van der Waals surface area contributed by atoms with E-state index in [1.165, 1.54) is 12.1 Å². The first-order chi connectivity index (χ1) is 18.1. The van der Waals surface area contributed by atoms with E-state index in [1.807, 2.05) is 11.1 Å². The van der Waals surface area contributed by atoms with Crippen molar-refractivity contribution in [2.45, 2.75) is 70.7 Å². The molecule has 40 heavy (non-hydrogen) atoms. The van der Waals surface area contributed by atoms with Crippen LogP contribution in [0.25, 0.3) is 0 Å². The van der Waals surface area contributed by atoms with E-state index in [2.05, 4.69) is 55.8 Å². The minimum Gasteiger partial charge on any atom is -0.376 e. The van der Waals surface area contributed by atoms with Crippen molar-refractivity contribution in [3.8, 4) is 0 Å². The van der Waals surface area contributed by atoms with Crippen molar-refractivity contribution in [3.63, 3.8) is 0 Å². The molecule has 5 rings (SSSR count). The number of halogens is 3. The number of benzene rings is 1. The predicted molar refractivity (Wildman–Crippen MR) is 163 cm³/mol. The van der Waals surface area contributed by atoms with Crippen LogP contribution in [0.15, 0.2) is 36.5 Å². The molecule has 1 aromatic heterocycles. The van der Waals surface area contributed by atoms with Crippen LogP contribution in [0.3, 0.4) is 0 Å². The number of morpholine rings is 1. The van der Waals surface area contributed by atoms with Gasteiger partial charge < -0.3 is 15.0 Å². The lowest BCUT2D eigenvalue weighted by Gasteiger charge is -2.44. The Balaban J connectivity index is 0.00000220. The molecule has 4 atom stereocenters. The maximum absolute atomic E-state index is 13.9. The molecule has 0 unspecified atom stereocenters. The van der Waals surface area contributed by atoms with Crippen LogP contribution < -0.4 is 10.2 Å². The molecular weight excluding hydrogens is 552 g/mol. The molecule has 222 valence electrons. The number of rotatable bonds is 6. The quantitative estimate of drug-likeness (QED) is 0.543. The SMILES string of the molecule is C[C@@H]1CN(CC(=O)N2CC(C)(C)c3ncc(Cc4ccc(F)cc4)cc32)[C@@H](CN2C[C@@H](C)OC[C@H]2C)CN1.Cl.Cl. The second-order valence-corrected chi connectivity index (χ2v) is 12.2. The van der Waals surface area contributed by atoms with Gasteiger partial charge in [-0.1, -0.05) is 26.0 Å². The van der Waals surface area contributed by atoms with Gasteiger partial charge in [-0.25, -0.2) is 4.39 Å². The van der Waals surface area contributed by atoms with Crippen LogP contribution in [0.4, 0.5) is 10.1 Å². The number of anilines is 1. The number of piperazine rings is 1. The topological polar surface area (TPSA) is 60.9 Å². The molecule has 0 aliphatic carbocycles. The molecule has 2 saturated heterocycles. The average molecular weight is 597 g/mol. The molecular formula is C30H44Cl2FN5O2. The second kappa shape index (κ2) is 13.4. The number of ether oxygens (including phenoxy) is 1. The smallest absolute Gasteiger partial charge is 0.241 e. The summed E-state index contributed by atoms with van der Waals surface area (Å²) in [6.45, 7) is 16.2. The Morgan fingerprint density at radius 2 is 1.82 bits per heavy atom. The fraction of sp³-hybridized carbons (Fsp3) is 0.600. The zero-order valence-electron chi connectivity index (χ0n) is 24.2. The van der Waals surface area contributed by atoms with Gasteiger partial charge in [-0.05, 0) is 56.5 Å². The van der Waals surface area contributed by atoms with E-state index in [4.69, 9.17) is 9.72 Å².